The second kappa shape index (κ2) is 5.41. The minimum atomic E-state index is -0.479. The lowest BCUT2D eigenvalue weighted by atomic mass is 10.2. The van der Waals surface area contributed by atoms with E-state index in [1.807, 2.05) is 6.26 Å². The first kappa shape index (κ1) is 13.6. The number of carbonyl (C=O) groups excluding carboxylic acids is 2. The highest BCUT2D eigenvalue weighted by molar-refractivity contribution is 7.98. The summed E-state index contributed by atoms with van der Waals surface area (Å²) in [7, 11) is 0. The number of anilines is 2. The van der Waals surface area contributed by atoms with Crippen LogP contribution < -0.4 is 21.5 Å². The van der Waals surface area contributed by atoms with Gasteiger partial charge in [-0.2, -0.15) is 0 Å². The molecule has 0 spiro atoms. The molecule has 0 aromatic carbocycles. The summed E-state index contributed by atoms with van der Waals surface area (Å²) in [6, 6.07) is 1.12. The topological polar surface area (TPSA) is 113 Å². The molecule has 1 aliphatic heterocycles. The second-order valence-corrected chi connectivity index (χ2v) is 4.73. The Hall–Kier alpha value is -1.87. The zero-order chi connectivity index (χ0) is 14.0. The van der Waals surface area contributed by atoms with Gasteiger partial charge in [-0.1, -0.05) is 11.8 Å². The van der Waals surface area contributed by atoms with Gasteiger partial charge in [0.1, 0.15) is 17.7 Å². The zero-order valence-corrected chi connectivity index (χ0v) is 11.3. The van der Waals surface area contributed by atoms with Gasteiger partial charge in [0.05, 0.1) is 6.54 Å². The fourth-order valence-corrected chi connectivity index (χ4v) is 2.09. The van der Waals surface area contributed by atoms with Crippen molar-refractivity contribution in [2.24, 2.45) is 5.84 Å². The molecule has 1 unspecified atom stereocenters. The zero-order valence-electron chi connectivity index (χ0n) is 10.5. The second-order valence-electron chi connectivity index (χ2n) is 3.96. The van der Waals surface area contributed by atoms with Gasteiger partial charge in [0.2, 0.25) is 11.8 Å². The van der Waals surface area contributed by atoms with Crippen LogP contribution in [0.3, 0.4) is 0 Å². The van der Waals surface area contributed by atoms with E-state index in [1.54, 1.807) is 17.9 Å². The maximum Gasteiger partial charge on any atom is 0.249 e. The van der Waals surface area contributed by atoms with Crippen LogP contribution in [0.1, 0.15) is 6.92 Å². The van der Waals surface area contributed by atoms with Crippen LogP contribution in [-0.2, 0) is 9.59 Å². The lowest BCUT2D eigenvalue weighted by Gasteiger charge is -2.32. The molecule has 1 aliphatic rings. The van der Waals surface area contributed by atoms with Crippen molar-refractivity contribution >= 4 is 35.2 Å². The minimum Gasteiger partial charge on any atom is -0.335 e. The number of carbonyl (C=O) groups is 2. The maximum atomic E-state index is 11.6. The van der Waals surface area contributed by atoms with Gasteiger partial charge < -0.3 is 10.3 Å². The summed E-state index contributed by atoms with van der Waals surface area (Å²) >= 11 is 1.35. The first-order valence-corrected chi connectivity index (χ1v) is 6.77. The van der Waals surface area contributed by atoms with E-state index in [2.05, 4.69) is 20.7 Å². The van der Waals surface area contributed by atoms with E-state index in [0.29, 0.717) is 16.8 Å². The molecule has 19 heavy (non-hydrogen) atoms. The molecule has 1 saturated heterocycles. The van der Waals surface area contributed by atoms with Gasteiger partial charge in [-0.25, -0.2) is 15.8 Å². The Balaban J connectivity index is 2.39. The van der Waals surface area contributed by atoms with Crippen molar-refractivity contribution in [1.29, 1.82) is 0 Å². The van der Waals surface area contributed by atoms with Gasteiger partial charge in [0, 0.05) is 6.07 Å². The first-order valence-electron chi connectivity index (χ1n) is 5.55. The Bertz CT molecular complexity index is 500. The van der Waals surface area contributed by atoms with Crippen molar-refractivity contribution < 1.29 is 9.59 Å². The number of rotatable bonds is 3. The highest BCUT2D eigenvalue weighted by Gasteiger charge is 2.31. The maximum absolute atomic E-state index is 11.6. The van der Waals surface area contributed by atoms with Crippen LogP contribution in [-0.4, -0.2) is 40.6 Å². The molecule has 1 aromatic heterocycles. The van der Waals surface area contributed by atoms with E-state index in [-0.39, 0.29) is 18.4 Å². The monoisotopic (exact) mass is 282 g/mol. The highest BCUT2D eigenvalue weighted by Crippen LogP contribution is 2.22. The normalized spacial score (nSPS) is 19.3. The van der Waals surface area contributed by atoms with Crippen molar-refractivity contribution in [2.45, 2.75) is 18.1 Å². The Morgan fingerprint density at radius 3 is 2.89 bits per heavy atom. The van der Waals surface area contributed by atoms with Crippen LogP contribution in [0.2, 0.25) is 0 Å². The van der Waals surface area contributed by atoms with Crippen molar-refractivity contribution in [3.05, 3.63) is 6.07 Å². The highest BCUT2D eigenvalue weighted by atomic mass is 32.2. The average Bonchev–Trinajstić information content (AvgIpc) is 2.42. The molecule has 4 N–H and O–H groups in total. The van der Waals surface area contributed by atoms with Crippen molar-refractivity contribution in [3.63, 3.8) is 0 Å². The fraction of sp³-hybridized carbons (Fsp3) is 0.400. The number of hydrogen-bond acceptors (Lipinski definition) is 8. The summed E-state index contributed by atoms with van der Waals surface area (Å²) in [6.45, 7) is 1.78. The Morgan fingerprint density at radius 1 is 1.53 bits per heavy atom. The van der Waals surface area contributed by atoms with Gasteiger partial charge in [0.15, 0.2) is 5.16 Å². The number of hydrazine groups is 1. The molecule has 0 bridgehead atoms. The third-order valence-corrected chi connectivity index (χ3v) is 3.29. The summed E-state index contributed by atoms with van der Waals surface area (Å²) in [5.41, 5.74) is 2.44. The molecule has 102 valence electrons. The number of amides is 2. The Labute approximate surface area is 114 Å². The van der Waals surface area contributed by atoms with Crippen LogP contribution in [0.4, 0.5) is 11.6 Å². The van der Waals surface area contributed by atoms with Crippen LogP contribution in [0, 0.1) is 0 Å². The van der Waals surface area contributed by atoms with E-state index >= 15 is 0 Å². The van der Waals surface area contributed by atoms with E-state index in [0.717, 1.165) is 0 Å². The molecule has 8 nitrogen and oxygen atoms in total. The molecule has 2 rings (SSSR count). The molecular formula is C10H14N6O2S. The molecule has 2 heterocycles. The third-order valence-electron chi connectivity index (χ3n) is 2.74. The van der Waals surface area contributed by atoms with E-state index in [1.165, 1.54) is 11.8 Å². The van der Waals surface area contributed by atoms with Crippen molar-refractivity contribution in [3.8, 4) is 0 Å². The van der Waals surface area contributed by atoms with Crippen molar-refractivity contribution in [2.75, 3.05) is 23.1 Å². The van der Waals surface area contributed by atoms with Gasteiger partial charge >= 0.3 is 0 Å². The molecular weight excluding hydrogens is 268 g/mol. The van der Waals surface area contributed by atoms with E-state index in [4.69, 9.17) is 5.84 Å². The number of nitrogens with zero attached hydrogens (tertiary/aromatic N) is 3. The predicted molar refractivity (Wildman–Crippen MR) is 71.6 cm³/mol. The van der Waals surface area contributed by atoms with E-state index in [9.17, 15) is 9.59 Å². The molecule has 2 amide bonds. The number of thioether (sulfide) groups is 1. The summed E-state index contributed by atoms with van der Waals surface area (Å²) in [5.74, 6) is 5.57. The number of nitrogens with two attached hydrogens (primary N) is 1. The first-order chi connectivity index (χ1) is 9.05. The van der Waals surface area contributed by atoms with E-state index < -0.39 is 6.04 Å². The summed E-state index contributed by atoms with van der Waals surface area (Å²) in [6.07, 6.45) is 1.83. The predicted octanol–water partition coefficient (Wildman–Crippen LogP) is -0.665. The molecule has 1 fully saturated rings. The lowest BCUT2D eigenvalue weighted by molar-refractivity contribution is -0.132. The smallest absolute Gasteiger partial charge is 0.249 e. The molecule has 9 heteroatoms. The quantitative estimate of drug-likeness (QED) is 0.220. The summed E-state index contributed by atoms with van der Waals surface area (Å²) in [4.78, 5) is 33.1. The number of aromatic nitrogens is 2. The molecule has 0 saturated carbocycles. The summed E-state index contributed by atoms with van der Waals surface area (Å²) in [5, 5.41) is 2.79. The Kier molecular flexibility index (Phi) is 3.86. The Morgan fingerprint density at radius 2 is 2.26 bits per heavy atom. The van der Waals surface area contributed by atoms with Crippen LogP contribution in [0.25, 0.3) is 0 Å². The number of nitrogen functional groups attached to an aromatic ring is 1. The molecule has 1 atom stereocenters. The molecule has 0 aliphatic carbocycles. The third kappa shape index (κ3) is 2.76. The molecule has 1 aromatic rings. The number of hydrogen-bond donors (Lipinski definition) is 3. The minimum absolute atomic E-state index is 0.0712. The lowest BCUT2D eigenvalue weighted by Crippen LogP contribution is -2.57. The fourth-order valence-electron chi connectivity index (χ4n) is 1.72. The van der Waals surface area contributed by atoms with Gasteiger partial charge in [-0.3, -0.25) is 14.9 Å². The molecule has 0 radical (unpaired) electrons. The van der Waals surface area contributed by atoms with Gasteiger partial charge in [-0.05, 0) is 13.2 Å². The van der Waals surface area contributed by atoms with Gasteiger partial charge in [-0.15, -0.1) is 0 Å². The van der Waals surface area contributed by atoms with Crippen molar-refractivity contribution in [1.82, 2.24) is 15.3 Å². The van der Waals surface area contributed by atoms with Crippen LogP contribution in [0.15, 0.2) is 11.2 Å². The average molecular weight is 282 g/mol. The van der Waals surface area contributed by atoms with Crippen LogP contribution in [0.5, 0.6) is 0 Å². The SMILES string of the molecule is CSc1nc(NN)cc(N2CC(=O)NC(=O)C2C)n1. The standard InChI is InChI=1S/C10H14N6O2S/c1-5-9(18)14-8(17)4-16(5)7-3-6(15-11)12-10(13-7)19-2/h3,5H,4,11H2,1-2H3,(H,12,13,15)(H,14,17,18). The number of imide groups is 1. The largest absolute Gasteiger partial charge is 0.335 e. The van der Waals surface area contributed by atoms with Crippen LogP contribution >= 0.6 is 11.8 Å². The van der Waals surface area contributed by atoms with Gasteiger partial charge in [0.25, 0.3) is 0 Å². The number of nitrogens with one attached hydrogen (secondary N) is 2. The summed E-state index contributed by atoms with van der Waals surface area (Å²) < 4.78 is 0. The number of piperazine rings is 1.